The highest BCUT2D eigenvalue weighted by Crippen LogP contribution is 2.47. The largest absolute Gasteiger partial charge is 0.384 e. The molecule has 3 fully saturated rings. The van der Waals surface area contributed by atoms with Gasteiger partial charge >= 0.3 is 0 Å². The molecule has 24 nitrogen and oxygen atoms in total. The molecule has 6 aliphatic rings. The topological polar surface area (TPSA) is 229 Å². The molecule has 9 aromatic rings. The summed E-state index contributed by atoms with van der Waals surface area (Å²) in [5.74, 6) is 4.25. The molecular formula is C94H109Cl3F3N21O3. The molecular weight excluding hydrogens is 1630 g/mol. The van der Waals surface area contributed by atoms with Crippen molar-refractivity contribution in [1.29, 1.82) is 0 Å². The van der Waals surface area contributed by atoms with Crippen LogP contribution in [0.15, 0.2) is 162 Å². The minimum absolute atomic E-state index is 0.00352. The van der Waals surface area contributed by atoms with E-state index in [-0.39, 0.29) is 78.5 Å². The Morgan fingerprint density at radius 3 is 1.15 bits per heavy atom. The maximum Gasteiger partial charge on any atom is 0.246 e. The number of nitrogens with two attached hydrogens (primary N) is 1. The summed E-state index contributed by atoms with van der Waals surface area (Å²) >= 11 is 20.5. The number of fused-ring (bicyclic) bond motifs is 3. The van der Waals surface area contributed by atoms with E-state index < -0.39 is 17.5 Å². The molecule has 3 aromatic carbocycles. The highest BCUT2D eigenvalue weighted by molar-refractivity contribution is 6.35. The van der Waals surface area contributed by atoms with Crippen molar-refractivity contribution in [3.05, 3.63) is 230 Å². The van der Waals surface area contributed by atoms with Crippen molar-refractivity contribution in [3.8, 4) is 33.8 Å². The van der Waals surface area contributed by atoms with Crippen LogP contribution in [-0.2, 0) is 20.9 Å². The zero-order chi connectivity index (χ0) is 89.5. The number of aromatic nitrogens is 7. The van der Waals surface area contributed by atoms with Crippen LogP contribution in [0, 0.1) is 38.2 Å². The first kappa shape index (κ1) is 90.2. The molecule has 0 radical (unpaired) electrons. The molecule has 0 aliphatic carbocycles. The number of hydrogen-bond donors (Lipinski definition) is 1. The van der Waals surface area contributed by atoms with E-state index in [0.29, 0.717) is 125 Å². The van der Waals surface area contributed by atoms with Gasteiger partial charge in [0.1, 0.15) is 84.1 Å². The van der Waals surface area contributed by atoms with E-state index in [1.807, 2.05) is 108 Å². The number of carbonyl (C=O) groups excluding carboxylic acids is 3. The van der Waals surface area contributed by atoms with Crippen LogP contribution in [0.1, 0.15) is 151 Å². The summed E-state index contributed by atoms with van der Waals surface area (Å²) < 4.78 is 46.9. The first-order valence-electron chi connectivity index (χ1n) is 41.9. The molecule has 30 heteroatoms. The van der Waals surface area contributed by atoms with E-state index in [1.54, 1.807) is 54.6 Å². The van der Waals surface area contributed by atoms with Gasteiger partial charge in [0.05, 0.1) is 83.5 Å². The molecule has 0 bridgehead atoms. The number of hydrogen-bond acceptors (Lipinski definition) is 20. The molecule has 3 amide bonds. The fraction of sp³-hybridized carbons (Fsp3) is 0.383. The molecule has 2 N–H and O–H groups in total. The maximum absolute atomic E-state index is 15.1. The number of aryl methyl sites for hydroxylation is 3. The van der Waals surface area contributed by atoms with Gasteiger partial charge in [0, 0.05) is 110 Å². The average Bonchev–Trinajstić information content (AvgIpc) is 1.13. The number of aliphatic imine (C=N–C) groups is 3. The second-order valence-corrected chi connectivity index (χ2v) is 35.0. The van der Waals surface area contributed by atoms with E-state index in [0.717, 1.165) is 91.7 Å². The molecule has 0 saturated carbocycles. The summed E-state index contributed by atoms with van der Waals surface area (Å²) in [6.07, 6.45) is 5.91. The summed E-state index contributed by atoms with van der Waals surface area (Å²) in [6, 6.07) is 28.9. The molecule has 124 heavy (non-hydrogen) atoms. The van der Waals surface area contributed by atoms with Crippen LogP contribution in [0.3, 0.4) is 0 Å². The van der Waals surface area contributed by atoms with Crippen molar-refractivity contribution in [1.82, 2.24) is 69.0 Å². The summed E-state index contributed by atoms with van der Waals surface area (Å²) in [4.78, 5) is 97.9. The van der Waals surface area contributed by atoms with Crippen molar-refractivity contribution < 1.29 is 27.6 Å². The number of amidine groups is 3. The SMILES string of the molecule is C=CC(=O)N1CC(C)N(C2=NCN(c3c(C)cc(CN(C)C)nc3C(C)C)c3nc(-c4ccccc4F)c(Cl)cc32)CC1C.C=CC(=O)N1CC(C)N(C2=NCN(c3c(C)cc(N)nc3C(C)C)c3nc(-c4ccccc4F)c(Cl)cc32)CC1C.C=CC(=O)N1CC(C)N(C2=NCN(c3c(C)cnn3C(C)C)c3nc(-c4ccccc4F)c(Cl)cc32)CC1C. The Kier molecular flexibility index (Phi) is 27.3. The summed E-state index contributed by atoms with van der Waals surface area (Å²) in [7, 11) is 4.06. The van der Waals surface area contributed by atoms with Gasteiger partial charge in [-0.25, -0.2) is 52.8 Å². The third kappa shape index (κ3) is 18.0. The number of anilines is 7. The molecule has 3 saturated heterocycles. The molecule has 650 valence electrons. The van der Waals surface area contributed by atoms with Gasteiger partial charge in [-0.15, -0.1) is 0 Å². The summed E-state index contributed by atoms with van der Waals surface area (Å²) in [5, 5.41) is 5.59. The highest BCUT2D eigenvalue weighted by Gasteiger charge is 2.43. The second kappa shape index (κ2) is 37.5. The van der Waals surface area contributed by atoms with Gasteiger partial charge in [-0.2, -0.15) is 5.10 Å². The quantitative estimate of drug-likeness (QED) is 0.0998. The Morgan fingerprint density at radius 2 is 0.806 bits per heavy atom. The lowest BCUT2D eigenvalue weighted by Gasteiger charge is -2.46. The van der Waals surface area contributed by atoms with Gasteiger partial charge in [0.25, 0.3) is 0 Å². The number of rotatable bonds is 14. The van der Waals surface area contributed by atoms with Crippen LogP contribution in [0.2, 0.25) is 15.1 Å². The van der Waals surface area contributed by atoms with Gasteiger partial charge in [0.15, 0.2) is 0 Å². The number of benzene rings is 3. The van der Waals surface area contributed by atoms with Crippen LogP contribution in [-0.4, -0.2) is 214 Å². The number of nitrogen functional groups attached to an aromatic ring is 1. The lowest BCUT2D eigenvalue weighted by atomic mass is 10.00. The van der Waals surface area contributed by atoms with Crippen LogP contribution in [0.25, 0.3) is 33.8 Å². The van der Waals surface area contributed by atoms with Crippen molar-refractivity contribution in [3.63, 3.8) is 0 Å². The van der Waals surface area contributed by atoms with E-state index in [1.165, 1.54) is 36.4 Å². The molecule has 0 spiro atoms. The van der Waals surface area contributed by atoms with Gasteiger partial charge in [-0.1, -0.05) is 119 Å². The lowest BCUT2D eigenvalue weighted by Crippen LogP contribution is -2.59. The Bertz CT molecular complexity index is 5730. The maximum atomic E-state index is 15.1. The number of piperazine rings is 3. The van der Waals surface area contributed by atoms with Crippen LogP contribution >= 0.6 is 34.8 Å². The Labute approximate surface area is 740 Å². The van der Waals surface area contributed by atoms with Crippen molar-refractivity contribution in [2.24, 2.45) is 15.0 Å². The number of pyridine rings is 5. The third-order valence-corrected chi connectivity index (χ3v) is 24.1. The number of nitrogens with zero attached hydrogens (tertiary/aromatic N) is 20. The monoisotopic (exact) mass is 1740 g/mol. The average molecular weight is 1740 g/mol. The van der Waals surface area contributed by atoms with Gasteiger partial charge in [-0.3, -0.25) is 24.3 Å². The first-order chi connectivity index (χ1) is 59.0. The predicted octanol–water partition coefficient (Wildman–Crippen LogP) is 17.9. The van der Waals surface area contributed by atoms with E-state index in [2.05, 4.69) is 130 Å². The highest BCUT2D eigenvalue weighted by atomic mass is 35.5. The van der Waals surface area contributed by atoms with Gasteiger partial charge in [-0.05, 0) is 198 Å². The minimum atomic E-state index is -0.406. The van der Waals surface area contributed by atoms with E-state index >= 15 is 4.39 Å². The van der Waals surface area contributed by atoms with Crippen molar-refractivity contribution >= 4 is 110 Å². The van der Waals surface area contributed by atoms with E-state index in [4.69, 9.17) is 75.4 Å². The summed E-state index contributed by atoms with van der Waals surface area (Å²) in [6.45, 7) is 46.9. The molecule has 6 atom stereocenters. The zero-order valence-electron chi connectivity index (χ0n) is 73.5. The van der Waals surface area contributed by atoms with E-state index in [9.17, 15) is 23.2 Å². The van der Waals surface area contributed by atoms with Gasteiger partial charge < -0.3 is 49.8 Å². The molecule has 12 heterocycles. The Hall–Kier alpha value is -11.5. The first-order valence-corrected chi connectivity index (χ1v) is 43.1. The molecule has 6 aliphatic heterocycles. The Morgan fingerprint density at radius 1 is 0.468 bits per heavy atom. The molecule has 15 rings (SSSR count). The third-order valence-electron chi connectivity index (χ3n) is 23.3. The summed E-state index contributed by atoms with van der Waals surface area (Å²) in [5.41, 5.74) is 18.1. The smallest absolute Gasteiger partial charge is 0.246 e. The van der Waals surface area contributed by atoms with Crippen molar-refractivity contribution in [2.45, 2.75) is 165 Å². The van der Waals surface area contributed by atoms with Crippen LogP contribution in [0.5, 0.6) is 0 Å². The van der Waals surface area contributed by atoms with Crippen LogP contribution in [0.4, 0.5) is 53.6 Å². The normalized spacial score (nSPS) is 18.9. The van der Waals surface area contributed by atoms with Crippen LogP contribution < -0.4 is 20.4 Å². The molecule has 6 aromatic heterocycles. The zero-order valence-corrected chi connectivity index (χ0v) is 75.8. The van der Waals surface area contributed by atoms with Crippen molar-refractivity contribution in [2.75, 3.05) is 93.8 Å². The number of amides is 3. The lowest BCUT2D eigenvalue weighted by molar-refractivity contribution is -0.131. The number of carbonyl (C=O) groups is 3. The molecule has 6 unspecified atom stereocenters. The van der Waals surface area contributed by atoms with Gasteiger partial charge in [0.2, 0.25) is 17.7 Å². The fourth-order valence-corrected chi connectivity index (χ4v) is 18.0. The predicted molar refractivity (Wildman–Crippen MR) is 492 cm³/mol. The Balaban J connectivity index is 0.000000160. The fourth-order valence-electron chi connectivity index (χ4n) is 17.3. The second-order valence-electron chi connectivity index (χ2n) is 33.8. The minimum Gasteiger partial charge on any atom is -0.384 e. The standard InChI is InChI=1S/C34H41ClFN7O.C31H35ClFN7O.C29H33ClFN7O/c1-9-29(44)41-16-23(6)42(17-22(41)5)33-26-15-27(35)31(25-12-10-11-13-28(25)36)39-34(26)43(19-37-33)32-21(4)14-24(18-40(7)8)38-30(32)20(2)3;1-7-26(41)38-14-20(6)39(15-19(38)5)30-22-13-23(32)28(21-10-8-9-11-24(21)33)37-31(22)40(16-35-30)29-18(4)12-25(34)36-27(29)17(2)3;1-7-25(39)35-14-20(6)36(15-19(35)5)27-22-12-23(30)26(21-10-8-9-11-24(21)31)34-28(22)37(16-32-27)29-18(4)13-33-38(29)17(2)3/h9-15,20,22-23H,1,16-19H2,2-8H3;7-13,17,19-20H,1,14-16H2,2-6H3,(H2,34,36);7-13,17,19-20H,1,14-16H2,2-6H3. The number of halogens is 6.